The number of piperazine rings is 1. The maximum atomic E-state index is 12.5. The lowest BCUT2D eigenvalue weighted by atomic mass is 10.1. The molecule has 1 aliphatic heterocycles. The second kappa shape index (κ2) is 8.02. The van der Waals surface area contributed by atoms with Crippen LogP contribution < -0.4 is 17.3 Å². The molecule has 0 saturated carbocycles. The second-order valence-corrected chi connectivity index (χ2v) is 6.23. The van der Waals surface area contributed by atoms with E-state index in [1.807, 2.05) is 35.2 Å². The standard InChI is InChI=1S/C17H16Cl2N2O.ClH/c18-13-4-3-5-14(12-13)20-8-10-21(11-9-20)17(22)15-6-1-2-7-16(15)19;/h1-7,12H,8-11H2;1H. The van der Waals surface area contributed by atoms with E-state index in [-0.39, 0.29) is 18.3 Å². The fourth-order valence-electron chi connectivity index (χ4n) is 2.78. The number of quaternary nitrogens is 1. The van der Waals surface area contributed by atoms with Gasteiger partial charge < -0.3 is 17.3 Å². The van der Waals surface area contributed by atoms with Gasteiger partial charge in [-0.05, 0) is 24.3 Å². The minimum Gasteiger partial charge on any atom is -1.00 e. The van der Waals surface area contributed by atoms with Crippen LogP contribution in [0, 0.1) is 0 Å². The largest absolute Gasteiger partial charge is 1.00 e. The van der Waals surface area contributed by atoms with Crippen LogP contribution in [0.15, 0.2) is 48.5 Å². The third kappa shape index (κ3) is 4.18. The zero-order valence-corrected chi connectivity index (χ0v) is 14.7. The van der Waals surface area contributed by atoms with Crippen molar-refractivity contribution in [2.45, 2.75) is 0 Å². The van der Waals surface area contributed by atoms with Crippen LogP contribution in [0.2, 0.25) is 10.0 Å². The number of nitrogens with one attached hydrogen (secondary N) is 1. The molecule has 122 valence electrons. The normalized spacial score (nSPS) is 15.1. The van der Waals surface area contributed by atoms with Gasteiger partial charge in [0.05, 0.1) is 36.8 Å². The highest BCUT2D eigenvalue weighted by atomic mass is 35.5. The molecule has 0 bridgehead atoms. The third-order valence-corrected chi connectivity index (χ3v) is 4.56. The predicted molar refractivity (Wildman–Crippen MR) is 89.2 cm³/mol. The van der Waals surface area contributed by atoms with Crippen LogP contribution in [-0.2, 0) is 0 Å². The van der Waals surface area contributed by atoms with Crippen LogP contribution in [0.1, 0.15) is 10.4 Å². The van der Waals surface area contributed by atoms with Crippen LogP contribution in [0.25, 0.3) is 0 Å². The third-order valence-electron chi connectivity index (χ3n) is 3.99. The average molecular weight is 372 g/mol. The summed E-state index contributed by atoms with van der Waals surface area (Å²) in [6.07, 6.45) is 0. The van der Waals surface area contributed by atoms with Gasteiger partial charge in [-0.3, -0.25) is 9.69 Å². The van der Waals surface area contributed by atoms with Gasteiger partial charge in [0, 0.05) is 11.1 Å². The van der Waals surface area contributed by atoms with Gasteiger partial charge in [-0.2, -0.15) is 0 Å². The zero-order valence-electron chi connectivity index (χ0n) is 12.4. The summed E-state index contributed by atoms with van der Waals surface area (Å²) in [6, 6.07) is 15.1. The van der Waals surface area contributed by atoms with Crippen LogP contribution in [0.4, 0.5) is 5.69 Å². The van der Waals surface area contributed by atoms with Crippen molar-refractivity contribution in [2.75, 3.05) is 26.2 Å². The summed E-state index contributed by atoms with van der Waals surface area (Å²) in [5, 5.41) is 1.26. The summed E-state index contributed by atoms with van der Waals surface area (Å²) >= 11 is 12.2. The van der Waals surface area contributed by atoms with Crippen molar-refractivity contribution >= 4 is 34.8 Å². The first-order chi connectivity index (χ1) is 10.6. The first kappa shape index (κ1) is 18.1. The Morgan fingerprint density at radius 1 is 1.00 bits per heavy atom. The van der Waals surface area contributed by atoms with Gasteiger partial charge >= 0.3 is 0 Å². The molecule has 6 heteroatoms. The van der Waals surface area contributed by atoms with E-state index in [1.54, 1.807) is 12.1 Å². The summed E-state index contributed by atoms with van der Waals surface area (Å²) in [7, 11) is 0. The Kier molecular flexibility index (Phi) is 6.31. The van der Waals surface area contributed by atoms with Crippen LogP contribution in [0.3, 0.4) is 0 Å². The van der Waals surface area contributed by atoms with Gasteiger partial charge in [0.2, 0.25) is 0 Å². The lowest BCUT2D eigenvalue weighted by Crippen LogP contribution is -3.10. The van der Waals surface area contributed by atoms with Crippen LogP contribution >= 0.6 is 23.2 Å². The van der Waals surface area contributed by atoms with E-state index >= 15 is 0 Å². The molecular formula is C17H17Cl3N2O. The Bertz CT molecular complexity index is 685. The smallest absolute Gasteiger partial charge is 0.255 e. The molecule has 2 aromatic rings. The Labute approximate surface area is 152 Å². The topological polar surface area (TPSA) is 24.8 Å². The van der Waals surface area contributed by atoms with Crippen LogP contribution in [0.5, 0.6) is 0 Å². The highest BCUT2D eigenvalue weighted by molar-refractivity contribution is 6.33. The van der Waals surface area contributed by atoms with E-state index in [4.69, 9.17) is 23.2 Å². The average Bonchev–Trinajstić information content (AvgIpc) is 2.55. The van der Waals surface area contributed by atoms with Crippen molar-refractivity contribution < 1.29 is 22.1 Å². The van der Waals surface area contributed by atoms with Gasteiger partial charge in [-0.25, -0.2) is 0 Å². The number of hydrogen-bond acceptors (Lipinski definition) is 1. The molecule has 0 aromatic heterocycles. The molecule has 0 unspecified atom stereocenters. The molecule has 1 heterocycles. The molecule has 0 spiro atoms. The quantitative estimate of drug-likeness (QED) is 0.768. The first-order valence-electron chi connectivity index (χ1n) is 7.29. The van der Waals surface area contributed by atoms with E-state index in [9.17, 15) is 4.79 Å². The van der Waals surface area contributed by atoms with Crippen LogP contribution in [-0.4, -0.2) is 37.0 Å². The Hall–Kier alpha value is -1.26. The predicted octanol–water partition coefficient (Wildman–Crippen LogP) is -0.330. The Morgan fingerprint density at radius 3 is 2.35 bits per heavy atom. The van der Waals surface area contributed by atoms with E-state index in [0.29, 0.717) is 23.7 Å². The fourth-order valence-corrected chi connectivity index (χ4v) is 3.19. The zero-order chi connectivity index (χ0) is 15.5. The fraction of sp³-hybridized carbons (Fsp3) is 0.235. The van der Waals surface area contributed by atoms with E-state index in [1.165, 1.54) is 10.6 Å². The highest BCUT2D eigenvalue weighted by Crippen LogP contribution is 2.17. The molecule has 1 N–H and O–H groups in total. The van der Waals surface area contributed by atoms with Crippen molar-refractivity contribution in [3.8, 4) is 0 Å². The number of halogens is 3. The molecule has 1 fully saturated rings. The van der Waals surface area contributed by atoms with Crippen molar-refractivity contribution in [2.24, 2.45) is 0 Å². The molecule has 1 aliphatic rings. The molecule has 1 saturated heterocycles. The molecule has 23 heavy (non-hydrogen) atoms. The molecule has 1 amide bonds. The van der Waals surface area contributed by atoms with Gasteiger partial charge in [0.15, 0.2) is 0 Å². The lowest BCUT2D eigenvalue weighted by Gasteiger charge is -2.32. The van der Waals surface area contributed by atoms with Crippen molar-refractivity contribution in [1.29, 1.82) is 0 Å². The van der Waals surface area contributed by atoms with Crippen molar-refractivity contribution in [3.63, 3.8) is 0 Å². The minimum absolute atomic E-state index is 0. The molecule has 0 radical (unpaired) electrons. The Balaban J connectivity index is 0.00000192. The second-order valence-electron chi connectivity index (χ2n) is 5.39. The molecule has 3 rings (SSSR count). The SMILES string of the molecule is O=C(c1ccccc1Cl)N1CC[NH+](c2cccc(Cl)c2)CC1.[Cl-]. The number of hydrogen-bond donors (Lipinski definition) is 1. The molecular weight excluding hydrogens is 355 g/mol. The molecule has 3 nitrogen and oxygen atoms in total. The summed E-state index contributed by atoms with van der Waals surface area (Å²) in [6.45, 7) is 3.17. The van der Waals surface area contributed by atoms with Gasteiger partial charge in [-0.15, -0.1) is 0 Å². The first-order valence-corrected chi connectivity index (χ1v) is 8.05. The minimum atomic E-state index is 0. The number of carbonyl (C=O) groups is 1. The Morgan fingerprint density at radius 2 is 1.70 bits per heavy atom. The van der Waals surface area contributed by atoms with Gasteiger partial charge in [0.25, 0.3) is 5.91 Å². The molecule has 2 aromatic carbocycles. The maximum absolute atomic E-state index is 12.5. The van der Waals surface area contributed by atoms with Gasteiger partial charge in [0.1, 0.15) is 5.69 Å². The lowest BCUT2D eigenvalue weighted by molar-refractivity contribution is -0.837. The molecule has 0 aliphatic carbocycles. The monoisotopic (exact) mass is 370 g/mol. The summed E-state index contributed by atoms with van der Waals surface area (Å²) in [4.78, 5) is 15.8. The number of rotatable bonds is 2. The highest BCUT2D eigenvalue weighted by Gasteiger charge is 2.26. The molecule has 0 atom stereocenters. The van der Waals surface area contributed by atoms with E-state index < -0.39 is 0 Å². The number of benzene rings is 2. The van der Waals surface area contributed by atoms with Crippen molar-refractivity contribution in [3.05, 3.63) is 64.1 Å². The summed E-state index contributed by atoms with van der Waals surface area (Å²) in [5.74, 6) is 0.00995. The maximum Gasteiger partial charge on any atom is 0.255 e. The number of amides is 1. The summed E-state index contributed by atoms with van der Waals surface area (Å²) in [5.41, 5.74) is 1.76. The number of carbonyl (C=O) groups excluding carboxylic acids is 1. The van der Waals surface area contributed by atoms with E-state index in [2.05, 4.69) is 6.07 Å². The van der Waals surface area contributed by atoms with E-state index in [0.717, 1.165) is 18.1 Å². The van der Waals surface area contributed by atoms with Crippen molar-refractivity contribution in [1.82, 2.24) is 4.90 Å². The summed E-state index contributed by atoms with van der Waals surface area (Å²) < 4.78 is 0. The van der Waals surface area contributed by atoms with Gasteiger partial charge in [-0.1, -0.05) is 41.4 Å². The number of nitrogens with zero attached hydrogens (tertiary/aromatic N) is 1.